The number of aromatic nitrogens is 2. The lowest BCUT2D eigenvalue weighted by Crippen LogP contribution is -2.14. The Morgan fingerprint density at radius 2 is 1.96 bits per heavy atom. The standard InChI is InChI=1S/C19H19N3O3S/c1-13(2)25-17-11-15(18(23)22-19-20-8-9-26-19)10-16(21-17)24-12-14-6-4-3-5-7-14/h3-11,13H,12H2,1-2H3,(H,20,22,23). The summed E-state index contributed by atoms with van der Waals surface area (Å²) < 4.78 is 11.4. The molecule has 0 aliphatic rings. The molecule has 0 fully saturated rings. The third-order valence-electron chi connectivity index (χ3n) is 3.28. The second-order valence-corrected chi connectivity index (χ2v) is 6.66. The molecule has 2 heterocycles. The number of ether oxygens (including phenoxy) is 2. The van der Waals surface area contributed by atoms with Crippen molar-refractivity contribution in [2.24, 2.45) is 0 Å². The Labute approximate surface area is 155 Å². The lowest BCUT2D eigenvalue weighted by atomic mass is 10.2. The number of hydrogen-bond acceptors (Lipinski definition) is 6. The number of nitrogens with zero attached hydrogens (tertiary/aromatic N) is 2. The van der Waals surface area contributed by atoms with Crippen molar-refractivity contribution in [3.8, 4) is 11.8 Å². The van der Waals surface area contributed by atoms with Crippen LogP contribution in [0.4, 0.5) is 5.13 Å². The fraction of sp³-hybridized carbons (Fsp3) is 0.211. The number of hydrogen-bond donors (Lipinski definition) is 1. The Kier molecular flexibility index (Phi) is 5.80. The molecule has 1 amide bonds. The van der Waals surface area contributed by atoms with Gasteiger partial charge in [-0.2, -0.15) is 4.98 Å². The predicted octanol–water partition coefficient (Wildman–Crippen LogP) is 4.16. The highest BCUT2D eigenvalue weighted by Gasteiger charge is 2.14. The molecule has 0 aliphatic heterocycles. The van der Waals surface area contributed by atoms with Gasteiger partial charge in [0.05, 0.1) is 11.7 Å². The molecule has 3 rings (SSSR count). The maximum atomic E-state index is 12.5. The first-order chi connectivity index (χ1) is 12.6. The molecule has 0 atom stereocenters. The minimum Gasteiger partial charge on any atom is -0.475 e. The van der Waals surface area contributed by atoms with Crippen molar-refractivity contribution in [1.29, 1.82) is 0 Å². The zero-order chi connectivity index (χ0) is 18.4. The minimum atomic E-state index is -0.291. The van der Waals surface area contributed by atoms with Crippen LogP contribution in [-0.4, -0.2) is 22.0 Å². The second kappa shape index (κ2) is 8.44. The van der Waals surface area contributed by atoms with E-state index >= 15 is 0 Å². The lowest BCUT2D eigenvalue weighted by Gasteiger charge is -2.13. The Morgan fingerprint density at radius 3 is 2.65 bits per heavy atom. The van der Waals surface area contributed by atoms with Gasteiger partial charge < -0.3 is 9.47 Å². The van der Waals surface area contributed by atoms with E-state index in [4.69, 9.17) is 9.47 Å². The maximum Gasteiger partial charge on any atom is 0.257 e. The Morgan fingerprint density at radius 1 is 1.19 bits per heavy atom. The number of rotatable bonds is 7. The zero-order valence-electron chi connectivity index (χ0n) is 14.5. The van der Waals surface area contributed by atoms with Crippen LogP contribution in [0.2, 0.25) is 0 Å². The fourth-order valence-electron chi connectivity index (χ4n) is 2.17. The number of amides is 1. The van der Waals surface area contributed by atoms with Crippen LogP contribution in [0.3, 0.4) is 0 Å². The molecule has 1 aromatic carbocycles. The van der Waals surface area contributed by atoms with Crippen LogP contribution in [0.5, 0.6) is 11.8 Å². The summed E-state index contributed by atoms with van der Waals surface area (Å²) in [7, 11) is 0. The van der Waals surface area contributed by atoms with Crippen molar-refractivity contribution in [2.45, 2.75) is 26.6 Å². The third-order valence-corrected chi connectivity index (χ3v) is 3.97. The first-order valence-electron chi connectivity index (χ1n) is 8.16. The van der Waals surface area contributed by atoms with Gasteiger partial charge in [0.2, 0.25) is 11.8 Å². The van der Waals surface area contributed by atoms with Crippen LogP contribution in [0.15, 0.2) is 54.0 Å². The normalized spacial score (nSPS) is 10.6. The van der Waals surface area contributed by atoms with Crippen molar-refractivity contribution in [2.75, 3.05) is 5.32 Å². The van der Waals surface area contributed by atoms with Gasteiger partial charge in [-0.3, -0.25) is 10.1 Å². The maximum absolute atomic E-state index is 12.5. The van der Waals surface area contributed by atoms with Crippen molar-refractivity contribution < 1.29 is 14.3 Å². The molecule has 0 saturated carbocycles. The summed E-state index contributed by atoms with van der Waals surface area (Å²) >= 11 is 1.35. The van der Waals surface area contributed by atoms with E-state index in [1.807, 2.05) is 44.2 Å². The average molecular weight is 369 g/mol. The Hall–Kier alpha value is -2.93. The summed E-state index contributed by atoms with van der Waals surface area (Å²) in [5, 5.41) is 5.08. The van der Waals surface area contributed by atoms with E-state index in [1.165, 1.54) is 11.3 Å². The number of pyridine rings is 1. The molecular formula is C19H19N3O3S. The highest BCUT2D eigenvalue weighted by atomic mass is 32.1. The average Bonchev–Trinajstić information content (AvgIpc) is 3.13. The van der Waals surface area contributed by atoms with Crippen molar-refractivity contribution in [3.63, 3.8) is 0 Å². The minimum absolute atomic E-state index is 0.0678. The monoisotopic (exact) mass is 369 g/mol. The van der Waals surface area contributed by atoms with Crippen LogP contribution in [0.25, 0.3) is 0 Å². The van der Waals surface area contributed by atoms with E-state index in [2.05, 4.69) is 15.3 Å². The topological polar surface area (TPSA) is 73.3 Å². The molecule has 0 saturated heterocycles. The predicted molar refractivity (Wildman–Crippen MR) is 101 cm³/mol. The lowest BCUT2D eigenvalue weighted by molar-refractivity contribution is 0.102. The Bertz CT molecular complexity index is 852. The molecule has 0 unspecified atom stereocenters. The number of carbonyl (C=O) groups is 1. The van der Waals surface area contributed by atoms with Gasteiger partial charge in [0.1, 0.15) is 6.61 Å². The number of nitrogens with one attached hydrogen (secondary N) is 1. The first kappa shape index (κ1) is 17.9. The summed E-state index contributed by atoms with van der Waals surface area (Å²) in [5.41, 5.74) is 1.41. The third kappa shape index (κ3) is 5.03. The van der Waals surface area contributed by atoms with Gasteiger partial charge >= 0.3 is 0 Å². The quantitative estimate of drug-likeness (QED) is 0.677. The van der Waals surface area contributed by atoms with Crippen LogP contribution < -0.4 is 14.8 Å². The molecule has 3 aromatic rings. The highest BCUT2D eigenvalue weighted by molar-refractivity contribution is 7.13. The van der Waals surface area contributed by atoms with E-state index in [-0.39, 0.29) is 12.0 Å². The highest BCUT2D eigenvalue weighted by Crippen LogP contribution is 2.21. The number of carbonyl (C=O) groups excluding carboxylic acids is 1. The van der Waals surface area contributed by atoms with Crippen LogP contribution in [0, 0.1) is 0 Å². The first-order valence-corrected chi connectivity index (χ1v) is 9.04. The molecule has 0 bridgehead atoms. The van der Waals surface area contributed by atoms with E-state index in [0.717, 1.165) is 5.56 Å². The van der Waals surface area contributed by atoms with E-state index in [9.17, 15) is 4.79 Å². The molecule has 0 spiro atoms. The summed E-state index contributed by atoms with van der Waals surface area (Å²) in [4.78, 5) is 20.9. The summed E-state index contributed by atoms with van der Waals surface area (Å²) in [6.45, 7) is 4.15. The van der Waals surface area contributed by atoms with Gasteiger partial charge in [-0.15, -0.1) is 11.3 Å². The van der Waals surface area contributed by atoms with E-state index in [0.29, 0.717) is 29.1 Å². The van der Waals surface area contributed by atoms with Crippen molar-refractivity contribution >= 4 is 22.4 Å². The van der Waals surface area contributed by atoms with Gasteiger partial charge in [-0.1, -0.05) is 30.3 Å². The molecule has 26 heavy (non-hydrogen) atoms. The summed E-state index contributed by atoms with van der Waals surface area (Å²) in [6, 6.07) is 12.9. The molecule has 1 N–H and O–H groups in total. The van der Waals surface area contributed by atoms with Crippen molar-refractivity contribution in [1.82, 2.24) is 9.97 Å². The molecule has 0 aliphatic carbocycles. The smallest absolute Gasteiger partial charge is 0.257 e. The SMILES string of the molecule is CC(C)Oc1cc(C(=O)Nc2nccs2)cc(OCc2ccccc2)n1. The molecule has 2 aromatic heterocycles. The second-order valence-electron chi connectivity index (χ2n) is 5.76. The van der Waals surface area contributed by atoms with Crippen LogP contribution in [0.1, 0.15) is 29.8 Å². The van der Waals surface area contributed by atoms with Gasteiger partial charge in [-0.05, 0) is 19.4 Å². The number of benzene rings is 1. The van der Waals surface area contributed by atoms with E-state index in [1.54, 1.807) is 23.7 Å². The summed E-state index contributed by atoms with van der Waals surface area (Å²) in [6.07, 6.45) is 1.57. The fourth-order valence-corrected chi connectivity index (χ4v) is 2.70. The largest absolute Gasteiger partial charge is 0.475 e. The van der Waals surface area contributed by atoms with Gasteiger partial charge in [0.25, 0.3) is 5.91 Å². The molecule has 6 nitrogen and oxygen atoms in total. The van der Waals surface area contributed by atoms with Crippen molar-refractivity contribution in [3.05, 3.63) is 65.2 Å². The van der Waals surface area contributed by atoms with Gasteiger partial charge in [0.15, 0.2) is 5.13 Å². The zero-order valence-corrected chi connectivity index (χ0v) is 15.3. The molecule has 134 valence electrons. The number of thiazole rings is 1. The molecular weight excluding hydrogens is 350 g/mol. The van der Waals surface area contributed by atoms with Gasteiger partial charge in [0, 0.05) is 23.7 Å². The number of anilines is 1. The van der Waals surface area contributed by atoms with Crippen LogP contribution >= 0.6 is 11.3 Å². The van der Waals surface area contributed by atoms with Gasteiger partial charge in [-0.25, -0.2) is 4.98 Å². The summed E-state index contributed by atoms with van der Waals surface area (Å²) in [5.74, 6) is 0.381. The molecule has 0 radical (unpaired) electrons. The molecule has 7 heteroatoms. The van der Waals surface area contributed by atoms with E-state index < -0.39 is 0 Å². The van der Waals surface area contributed by atoms with Crippen LogP contribution in [-0.2, 0) is 6.61 Å². The Balaban J connectivity index is 1.79.